The summed E-state index contributed by atoms with van der Waals surface area (Å²) in [7, 11) is 0. The van der Waals surface area contributed by atoms with E-state index in [2.05, 4.69) is 153 Å². The minimum Gasteiger partial charge on any atom is -0.309 e. The van der Waals surface area contributed by atoms with Gasteiger partial charge in [0.2, 0.25) is 0 Å². The van der Waals surface area contributed by atoms with Crippen molar-refractivity contribution in [2.75, 3.05) is 0 Å². The Morgan fingerprint density at radius 2 is 1.26 bits per heavy atom. The molecule has 3 nitrogen and oxygen atoms in total. The molecule has 0 aliphatic carbocycles. The van der Waals surface area contributed by atoms with Crippen LogP contribution in [0, 0.1) is 0 Å². The van der Waals surface area contributed by atoms with Crippen molar-refractivity contribution in [2.45, 2.75) is 26.2 Å². The third-order valence-corrected chi connectivity index (χ3v) is 8.58. The predicted octanol–water partition coefficient (Wildman–Crippen LogP) is 10.5. The first kappa shape index (κ1) is 25.4. The summed E-state index contributed by atoms with van der Waals surface area (Å²) >= 11 is 0. The van der Waals surface area contributed by atoms with Gasteiger partial charge in [-0.05, 0) is 58.8 Å². The van der Waals surface area contributed by atoms with Crippen LogP contribution in [0.15, 0.2) is 134 Å². The van der Waals surface area contributed by atoms with Gasteiger partial charge in [-0.25, -0.2) is 4.98 Å². The third kappa shape index (κ3) is 4.20. The van der Waals surface area contributed by atoms with E-state index in [-0.39, 0.29) is 5.41 Å². The van der Waals surface area contributed by atoms with Gasteiger partial charge in [0.1, 0.15) is 0 Å². The highest BCUT2D eigenvalue weighted by Crippen LogP contribution is 2.38. The van der Waals surface area contributed by atoms with Crippen LogP contribution in [0.25, 0.3) is 71.7 Å². The van der Waals surface area contributed by atoms with Gasteiger partial charge in [0.15, 0.2) is 0 Å². The molecule has 0 spiro atoms. The van der Waals surface area contributed by atoms with Crippen LogP contribution in [0.1, 0.15) is 26.3 Å². The van der Waals surface area contributed by atoms with Gasteiger partial charge in [-0.1, -0.05) is 106 Å². The first-order valence-corrected chi connectivity index (χ1v) is 14.8. The fourth-order valence-corrected chi connectivity index (χ4v) is 6.38. The van der Waals surface area contributed by atoms with Crippen LogP contribution in [0.5, 0.6) is 0 Å². The maximum Gasteiger partial charge on any atom is 0.0788 e. The molecule has 8 rings (SSSR count). The lowest BCUT2D eigenvalue weighted by Gasteiger charge is -2.19. The Morgan fingerprint density at radius 1 is 0.535 bits per heavy atom. The molecule has 0 atom stereocenters. The van der Waals surface area contributed by atoms with Crippen molar-refractivity contribution in [3.05, 3.63) is 139 Å². The van der Waals surface area contributed by atoms with Crippen molar-refractivity contribution in [3.8, 4) is 28.2 Å². The molecular formula is C40H31N3. The summed E-state index contributed by atoms with van der Waals surface area (Å²) in [4.78, 5) is 9.96. The van der Waals surface area contributed by atoms with Crippen LogP contribution in [0.4, 0.5) is 0 Å². The smallest absolute Gasteiger partial charge is 0.0788 e. The minimum absolute atomic E-state index is 0.0551. The minimum atomic E-state index is 0.0551. The molecule has 3 heteroatoms. The van der Waals surface area contributed by atoms with Crippen LogP contribution in [0.2, 0.25) is 0 Å². The maximum absolute atomic E-state index is 5.20. The van der Waals surface area contributed by atoms with Gasteiger partial charge in [0.05, 0.1) is 27.9 Å². The lowest BCUT2D eigenvalue weighted by Crippen LogP contribution is -2.11. The first-order chi connectivity index (χ1) is 21.0. The van der Waals surface area contributed by atoms with E-state index in [0.29, 0.717) is 0 Å². The second-order valence-electron chi connectivity index (χ2n) is 12.3. The van der Waals surface area contributed by atoms with E-state index in [1.165, 1.54) is 32.6 Å². The second kappa shape index (κ2) is 9.64. The fourth-order valence-electron chi connectivity index (χ4n) is 6.38. The van der Waals surface area contributed by atoms with Gasteiger partial charge in [-0.2, -0.15) is 0 Å². The van der Waals surface area contributed by atoms with E-state index in [0.717, 1.165) is 44.6 Å². The van der Waals surface area contributed by atoms with E-state index in [1.54, 1.807) is 0 Å². The zero-order valence-corrected chi connectivity index (χ0v) is 24.5. The molecule has 0 N–H and O–H groups in total. The Hall–Kier alpha value is -5.28. The number of para-hydroxylation sites is 2. The lowest BCUT2D eigenvalue weighted by molar-refractivity contribution is 0.589. The van der Waals surface area contributed by atoms with E-state index in [9.17, 15) is 0 Å². The second-order valence-corrected chi connectivity index (χ2v) is 12.3. The Labute approximate surface area is 251 Å². The van der Waals surface area contributed by atoms with Crippen molar-refractivity contribution >= 4 is 43.5 Å². The molecule has 0 aliphatic rings. The summed E-state index contributed by atoms with van der Waals surface area (Å²) in [6, 6.07) is 45.6. The normalized spacial score (nSPS) is 12.1. The summed E-state index contributed by atoms with van der Waals surface area (Å²) in [5.74, 6) is 0. The standard InChI is InChI=1S/C40H31N3/c1-40(2,3)28-21-22-41-36(25-28)26-11-10-12-29(23-26)43-37-18-9-7-15-32(37)33-20-19-27(24-38(33)43)39-34-16-5-4-13-30(34)31-14-6-8-17-35(31)42-39/h4-25H,1-3H3. The van der Waals surface area contributed by atoms with Crippen molar-refractivity contribution in [1.82, 2.24) is 14.5 Å². The van der Waals surface area contributed by atoms with Crippen molar-refractivity contribution < 1.29 is 0 Å². The summed E-state index contributed by atoms with van der Waals surface area (Å²) in [6.07, 6.45) is 1.93. The quantitative estimate of drug-likeness (QED) is 0.204. The zero-order chi connectivity index (χ0) is 29.1. The molecule has 0 aliphatic heterocycles. The molecule has 3 aromatic heterocycles. The molecule has 206 valence electrons. The topological polar surface area (TPSA) is 30.7 Å². The average Bonchev–Trinajstić information content (AvgIpc) is 3.38. The van der Waals surface area contributed by atoms with Crippen molar-refractivity contribution in [3.63, 3.8) is 0 Å². The molecular weight excluding hydrogens is 522 g/mol. The van der Waals surface area contributed by atoms with Crippen LogP contribution < -0.4 is 0 Å². The number of pyridine rings is 2. The molecule has 8 aromatic rings. The average molecular weight is 554 g/mol. The maximum atomic E-state index is 5.20. The third-order valence-electron chi connectivity index (χ3n) is 8.58. The van der Waals surface area contributed by atoms with E-state index in [1.807, 2.05) is 6.20 Å². The molecule has 0 fully saturated rings. The number of hydrogen-bond acceptors (Lipinski definition) is 2. The first-order valence-electron chi connectivity index (χ1n) is 14.8. The highest BCUT2D eigenvalue weighted by molar-refractivity contribution is 6.13. The molecule has 3 heterocycles. The Kier molecular flexibility index (Phi) is 5.70. The van der Waals surface area contributed by atoms with E-state index in [4.69, 9.17) is 9.97 Å². The van der Waals surface area contributed by atoms with E-state index < -0.39 is 0 Å². The van der Waals surface area contributed by atoms with Gasteiger partial charge >= 0.3 is 0 Å². The number of fused-ring (bicyclic) bond motifs is 6. The number of rotatable bonds is 3. The molecule has 0 saturated carbocycles. The van der Waals surface area contributed by atoms with Gasteiger partial charge in [0.25, 0.3) is 0 Å². The van der Waals surface area contributed by atoms with Crippen molar-refractivity contribution in [2.24, 2.45) is 0 Å². The summed E-state index contributed by atoms with van der Waals surface area (Å²) < 4.78 is 2.38. The Bertz CT molecular complexity index is 2340. The van der Waals surface area contributed by atoms with Crippen LogP contribution in [-0.4, -0.2) is 14.5 Å². The van der Waals surface area contributed by atoms with Gasteiger partial charge in [-0.3, -0.25) is 4.98 Å². The molecule has 0 amide bonds. The molecule has 0 radical (unpaired) electrons. The SMILES string of the molecule is CC(C)(C)c1ccnc(-c2cccc(-n3c4ccccc4c4ccc(-c5nc6ccccc6c6ccccc56)cc43)c2)c1. The summed E-state index contributed by atoms with van der Waals surface area (Å²) in [5, 5.41) is 6.02. The molecule has 5 aromatic carbocycles. The van der Waals surface area contributed by atoms with Crippen LogP contribution in [-0.2, 0) is 5.41 Å². The van der Waals surface area contributed by atoms with Gasteiger partial charge in [0, 0.05) is 44.6 Å². The highest BCUT2D eigenvalue weighted by atomic mass is 15.0. The number of aromatic nitrogens is 3. The van der Waals surface area contributed by atoms with Crippen LogP contribution in [0.3, 0.4) is 0 Å². The van der Waals surface area contributed by atoms with Crippen molar-refractivity contribution in [1.29, 1.82) is 0 Å². The number of nitrogens with zero attached hydrogens (tertiary/aromatic N) is 3. The Balaban J connectivity index is 1.37. The largest absolute Gasteiger partial charge is 0.309 e. The molecule has 0 unspecified atom stereocenters. The molecule has 43 heavy (non-hydrogen) atoms. The predicted molar refractivity (Wildman–Crippen MR) is 181 cm³/mol. The fraction of sp³-hybridized carbons (Fsp3) is 0.100. The zero-order valence-electron chi connectivity index (χ0n) is 24.5. The van der Waals surface area contributed by atoms with Gasteiger partial charge in [-0.15, -0.1) is 0 Å². The lowest BCUT2D eigenvalue weighted by atomic mass is 9.87. The highest BCUT2D eigenvalue weighted by Gasteiger charge is 2.18. The molecule has 0 bridgehead atoms. The van der Waals surface area contributed by atoms with Gasteiger partial charge < -0.3 is 4.57 Å². The summed E-state index contributed by atoms with van der Waals surface area (Å²) in [5.41, 5.74) is 9.99. The number of hydrogen-bond donors (Lipinski definition) is 0. The number of benzene rings is 5. The summed E-state index contributed by atoms with van der Waals surface area (Å²) in [6.45, 7) is 6.73. The monoisotopic (exact) mass is 553 g/mol. The Morgan fingerprint density at radius 3 is 2.09 bits per heavy atom. The van der Waals surface area contributed by atoms with Crippen LogP contribution >= 0.6 is 0 Å². The molecule has 0 saturated heterocycles. The van der Waals surface area contributed by atoms with E-state index >= 15 is 0 Å².